The number of carboxylic acids is 1. The van der Waals surface area contributed by atoms with Crippen LogP contribution in [0.1, 0.15) is 37.0 Å². The van der Waals surface area contributed by atoms with Gasteiger partial charge in [-0.2, -0.15) is 4.31 Å². The fraction of sp³-hybridized carbons (Fsp3) is 0.320. The lowest BCUT2D eigenvalue weighted by Crippen LogP contribution is -2.31. The molecule has 0 unspecified atom stereocenters. The number of aliphatic carboxylic acids is 1. The Morgan fingerprint density at radius 1 is 1.09 bits per heavy atom. The first-order chi connectivity index (χ1) is 15.8. The molecule has 0 fully saturated rings. The topological polar surface area (TPSA) is 110 Å². The Morgan fingerprint density at radius 2 is 1.73 bits per heavy atom. The molecule has 0 amide bonds. The summed E-state index contributed by atoms with van der Waals surface area (Å²) in [6.45, 7) is 5.51. The molecular formula is C25H34N2O5S. The molecule has 7 nitrogen and oxygen atoms in total. The number of benzene rings is 2. The molecule has 0 aliphatic heterocycles. The van der Waals surface area contributed by atoms with Gasteiger partial charge in [-0.3, -0.25) is 0 Å². The van der Waals surface area contributed by atoms with E-state index >= 15 is 0 Å². The van der Waals surface area contributed by atoms with Crippen molar-refractivity contribution in [1.82, 2.24) is 4.31 Å². The lowest BCUT2D eigenvalue weighted by Gasteiger charge is -2.23. The largest absolute Gasteiger partial charge is 0.482 e. The number of hydrogen-bond acceptors (Lipinski definition) is 5. The number of carboxylic acid groups (broad SMARTS) is 1. The summed E-state index contributed by atoms with van der Waals surface area (Å²) in [5.41, 5.74) is 7.18. The molecule has 0 aromatic heterocycles. The average molecular weight is 475 g/mol. The Labute approximate surface area is 197 Å². The molecule has 0 saturated carbocycles. The summed E-state index contributed by atoms with van der Waals surface area (Å²) in [5, 5.41) is 8.81. The molecule has 0 heterocycles. The number of aryl methyl sites for hydroxylation is 1. The molecule has 2 rings (SSSR count). The third-order valence-electron chi connectivity index (χ3n) is 4.54. The van der Waals surface area contributed by atoms with Crippen molar-refractivity contribution in [2.75, 3.05) is 13.7 Å². The molecule has 0 radical (unpaired) electrons. The van der Waals surface area contributed by atoms with Gasteiger partial charge in [-0.1, -0.05) is 61.0 Å². The summed E-state index contributed by atoms with van der Waals surface area (Å²) in [4.78, 5) is 11.0. The minimum atomic E-state index is -3.76. The van der Waals surface area contributed by atoms with Crippen LogP contribution in [0.3, 0.4) is 0 Å². The Hall–Kier alpha value is -2.94. The summed E-state index contributed by atoms with van der Waals surface area (Å²) in [6.07, 6.45) is 5.77. The molecule has 2 aromatic carbocycles. The van der Waals surface area contributed by atoms with Gasteiger partial charge >= 0.3 is 5.97 Å². The highest BCUT2D eigenvalue weighted by Gasteiger charge is 2.25. The number of nitrogens with zero attached hydrogens (tertiary/aromatic N) is 1. The van der Waals surface area contributed by atoms with E-state index in [2.05, 4.69) is 5.73 Å². The highest BCUT2D eigenvalue weighted by atomic mass is 32.2. The number of rotatable bonds is 11. The highest BCUT2D eigenvalue weighted by molar-refractivity contribution is 7.93. The van der Waals surface area contributed by atoms with Crippen molar-refractivity contribution in [2.45, 2.75) is 40.3 Å². The van der Waals surface area contributed by atoms with Crippen molar-refractivity contribution in [3.8, 4) is 5.75 Å². The van der Waals surface area contributed by atoms with Crippen LogP contribution in [0.4, 0.5) is 0 Å². The highest BCUT2D eigenvalue weighted by Crippen LogP contribution is 2.23. The molecule has 0 saturated heterocycles. The molecule has 2 aromatic rings. The zero-order valence-electron chi connectivity index (χ0n) is 19.7. The van der Waals surface area contributed by atoms with E-state index in [0.717, 1.165) is 17.5 Å². The number of hydrogen-bond donors (Lipinski definition) is 2. The van der Waals surface area contributed by atoms with Crippen molar-refractivity contribution >= 4 is 16.0 Å². The van der Waals surface area contributed by atoms with E-state index in [0.29, 0.717) is 11.3 Å². The molecule has 0 atom stereocenters. The van der Waals surface area contributed by atoms with Crippen molar-refractivity contribution in [3.63, 3.8) is 0 Å². The van der Waals surface area contributed by atoms with Crippen LogP contribution in [0, 0.1) is 6.92 Å². The monoisotopic (exact) mass is 474 g/mol. The fourth-order valence-electron chi connectivity index (χ4n) is 2.92. The summed E-state index contributed by atoms with van der Waals surface area (Å²) in [5.74, 6) is -0.695. The molecule has 180 valence electrons. The predicted octanol–water partition coefficient (Wildman–Crippen LogP) is 4.24. The van der Waals surface area contributed by atoms with Crippen molar-refractivity contribution in [3.05, 3.63) is 88.4 Å². The Morgan fingerprint density at radius 3 is 2.30 bits per heavy atom. The zero-order chi connectivity index (χ0) is 24.9. The number of allylic oxidation sites excluding steroid dienone is 3. The van der Waals surface area contributed by atoms with Crippen LogP contribution in [0.2, 0.25) is 0 Å². The van der Waals surface area contributed by atoms with Crippen LogP contribution in [0.5, 0.6) is 5.75 Å². The van der Waals surface area contributed by atoms with Crippen LogP contribution in [-0.2, 0) is 27.9 Å². The average Bonchev–Trinajstić information content (AvgIpc) is 2.80. The standard InChI is InChI=1S/C24H29NO5S.CH5N/c1-4-6-10-23(5-2)31(28,29)25(16-20-13-11-19(3)12-14-20)17-21-8-7-9-22(15-21)30-18-24(26)27;1-2/h5-15H,4,16-18H2,1-3H3,(H,26,27);2H2,1H3/b10-6-,23-5+;. The van der Waals surface area contributed by atoms with Crippen LogP contribution in [-0.4, -0.2) is 37.5 Å². The number of carbonyl (C=O) groups is 1. The first-order valence-corrected chi connectivity index (χ1v) is 12.1. The Bertz CT molecular complexity index is 1040. The maximum Gasteiger partial charge on any atom is 0.341 e. The molecule has 0 aliphatic rings. The Balaban J connectivity index is 0.00000265. The van der Waals surface area contributed by atoms with Crippen molar-refractivity contribution in [1.29, 1.82) is 0 Å². The normalized spacial score (nSPS) is 11.9. The van der Waals surface area contributed by atoms with Gasteiger partial charge in [-0.05, 0) is 56.7 Å². The van der Waals surface area contributed by atoms with Gasteiger partial charge in [0, 0.05) is 13.1 Å². The Kier molecular flexibility index (Phi) is 12.1. The zero-order valence-corrected chi connectivity index (χ0v) is 20.5. The van der Waals surface area contributed by atoms with Gasteiger partial charge in [0.15, 0.2) is 6.61 Å². The predicted molar refractivity (Wildman–Crippen MR) is 132 cm³/mol. The van der Waals surface area contributed by atoms with Gasteiger partial charge in [0.25, 0.3) is 0 Å². The van der Waals surface area contributed by atoms with Crippen LogP contribution >= 0.6 is 0 Å². The minimum absolute atomic E-state index is 0.123. The maximum absolute atomic E-state index is 13.4. The van der Waals surface area contributed by atoms with E-state index in [-0.39, 0.29) is 18.0 Å². The fourth-order valence-corrected chi connectivity index (χ4v) is 4.42. The second-order valence-electron chi connectivity index (χ2n) is 7.09. The van der Waals surface area contributed by atoms with E-state index in [1.807, 2.05) is 44.2 Å². The molecule has 33 heavy (non-hydrogen) atoms. The molecule has 0 aliphatic carbocycles. The summed E-state index contributed by atoms with van der Waals surface area (Å²) >= 11 is 0. The molecular weight excluding hydrogens is 440 g/mol. The summed E-state index contributed by atoms with van der Waals surface area (Å²) in [6, 6.07) is 14.6. The first-order valence-electron chi connectivity index (χ1n) is 10.7. The maximum atomic E-state index is 13.4. The van der Waals surface area contributed by atoms with Gasteiger partial charge in [-0.15, -0.1) is 0 Å². The molecule has 3 N–H and O–H groups in total. The van der Waals surface area contributed by atoms with E-state index < -0.39 is 22.6 Å². The molecule has 8 heteroatoms. The quantitative estimate of drug-likeness (QED) is 0.472. The smallest absolute Gasteiger partial charge is 0.341 e. The molecule has 0 spiro atoms. The third kappa shape index (κ3) is 9.21. The van der Waals surface area contributed by atoms with Gasteiger partial charge in [0.1, 0.15) is 5.75 Å². The van der Waals surface area contributed by atoms with Crippen LogP contribution < -0.4 is 10.5 Å². The SMILES string of the molecule is C/C=C(\C=C/CC)S(=O)(=O)N(Cc1ccc(C)cc1)Cc1cccc(OCC(=O)O)c1.CN. The van der Waals surface area contributed by atoms with Gasteiger partial charge in [0.05, 0.1) is 4.91 Å². The first kappa shape index (κ1) is 28.1. The summed E-state index contributed by atoms with van der Waals surface area (Å²) < 4.78 is 33.5. The van der Waals surface area contributed by atoms with Gasteiger partial charge in [0.2, 0.25) is 10.0 Å². The lowest BCUT2D eigenvalue weighted by atomic mass is 10.1. The third-order valence-corrected chi connectivity index (χ3v) is 6.44. The van der Waals surface area contributed by atoms with Crippen LogP contribution in [0.25, 0.3) is 0 Å². The minimum Gasteiger partial charge on any atom is -0.482 e. The van der Waals surface area contributed by atoms with Crippen molar-refractivity contribution < 1.29 is 23.1 Å². The van der Waals surface area contributed by atoms with E-state index in [1.54, 1.807) is 43.3 Å². The van der Waals surface area contributed by atoms with Crippen molar-refractivity contribution in [2.24, 2.45) is 5.73 Å². The molecule has 0 bridgehead atoms. The van der Waals surface area contributed by atoms with Crippen LogP contribution in [0.15, 0.2) is 71.7 Å². The van der Waals surface area contributed by atoms with Gasteiger partial charge in [-0.25, -0.2) is 13.2 Å². The number of nitrogens with two attached hydrogens (primary N) is 1. The second kappa shape index (κ2) is 14.3. The van der Waals surface area contributed by atoms with E-state index in [9.17, 15) is 13.2 Å². The second-order valence-corrected chi connectivity index (χ2v) is 9.03. The van der Waals surface area contributed by atoms with Gasteiger partial charge < -0.3 is 15.6 Å². The number of ether oxygens (including phenoxy) is 1. The summed E-state index contributed by atoms with van der Waals surface area (Å²) in [7, 11) is -2.26. The lowest BCUT2D eigenvalue weighted by molar-refractivity contribution is -0.139. The van der Waals surface area contributed by atoms with E-state index in [1.165, 1.54) is 11.4 Å². The van der Waals surface area contributed by atoms with E-state index in [4.69, 9.17) is 9.84 Å². The number of sulfonamides is 1.